The van der Waals surface area contributed by atoms with Crippen LogP contribution < -0.4 is 10.1 Å². The van der Waals surface area contributed by atoms with Crippen molar-refractivity contribution in [1.29, 1.82) is 0 Å². The third-order valence-corrected chi connectivity index (χ3v) is 4.65. The number of carboxylic acids is 1. The normalized spacial score (nSPS) is 11.5. The Hall–Kier alpha value is -2.50. The van der Waals surface area contributed by atoms with Crippen LogP contribution in [0.15, 0.2) is 28.9 Å². The molecule has 1 aromatic carbocycles. The maximum absolute atomic E-state index is 12.2. The fraction of sp³-hybridized carbons (Fsp3) is 0.444. The van der Waals surface area contributed by atoms with E-state index in [1.807, 2.05) is 26.0 Å². The Labute approximate surface area is 140 Å². The highest BCUT2D eigenvalue weighted by molar-refractivity contribution is 5.88. The number of hydrogen-bond acceptors (Lipinski definition) is 4. The summed E-state index contributed by atoms with van der Waals surface area (Å²) in [5.41, 5.74) is 0.500. The quantitative estimate of drug-likeness (QED) is 0.775. The van der Waals surface area contributed by atoms with Crippen molar-refractivity contribution in [1.82, 2.24) is 5.32 Å². The number of fused-ring (bicyclic) bond motifs is 1. The van der Waals surface area contributed by atoms with Gasteiger partial charge in [-0.25, -0.2) is 0 Å². The minimum Gasteiger partial charge on any atom is -0.497 e. The monoisotopic (exact) mass is 333 g/mol. The number of rotatable bonds is 8. The highest BCUT2D eigenvalue weighted by Crippen LogP contribution is 2.27. The van der Waals surface area contributed by atoms with Gasteiger partial charge in [0.25, 0.3) is 0 Å². The van der Waals surface area contributed by atoms with Gasteiger partial charge in [-0.1, -0.05) is 13.8 Å². The molecule has 0 saturated heterocycles. The van der Waals surface area contributed by atoms with Gasteiger partial charge in [0.05, 0.1) is 25.2 Å². The summed E-state index contributed by atoms with van der Waals surface area (Å²) in [6.45, 7) is 3.76. The van der Waals surface area contributed by atoms with Crippen molar-refractivity contribution in [2.75, 3.05) is 13.7 Å². The Bertz CT molecular complexity index is 730. The summed E-state index contributed by atoms with van der Waals surface area (Å²) in [5, 5.41) is 13.0. The predicted octanol–water partition coefficient (Wildman–Crippen LogP) is 2.99. The molecule has 0 aliphatic carbocycles. The molecule has 2 aromatic rings. The smallest absolute Gasteiger partial charge is 0.311 e. The molecular formula is C18H23NO5. The molecular weight excluding hydrogens is 310 g/mol. The first-order valence-corrected chi connectivity index (χ1v) is 8.00. The van der Waals surface area contributed by atoms with Gasteiger partial charge < -0.3 is 19.6 Å². The van der Waals surface area contributed by atoms with Gasteiger partial charge in [0, 0.05) is 23.6 Å². The summed E-state index contributed by atoms with van der Waals surface area (Å²) in [6.07, 6.45) is 2.62. The SMILES string of the molecule is CCC(CC)(CNC(=O)Cc1coc2cc(OC)ccc12)C(=O)O. The number of carbonyl (C=O) groups is 2. The Morgan fingerprint density at radius 2 is 2.00 bits per heavy atom. The topological polar surface area (TPSA) is 88.8 Å². The van der Waals surface area contributed by atoms with E-state index in [9.17, 15) is 14.7 Å². The van der Waals surface area contributed by atoms with E-state index in [1.165, 1.54) is 0 Å². The van der Waals surface area contributed by atoms with Crippen LogP contribution in [-0.2, 0) is 16.0 Å². The number of hydrogen-bond donors (Lipinski definition) is 2. The van der Waals surface area contributed by atoms with Crippen molar-refractivity contribution in [3.8, 4) is 5.75 Å². The van der Waals surface area contributed by atoms with Crippen LogP contribution in [0.25, 0.3) is 11.0 Å². The number of aliphatic carboxylic acids is 1. The number of benzene rings is 1. The Balaban J connectivity index is 2.06. The number of amides is 1. The van der Waals surface area contributed by atoms with E-state index in [2.05, 4.69) is 5.32 Å². The van der Waals surface area contributed by atoms with Crippen LogP contribution in [0, 0.1) is 5.41 Å². The van der Waals surface area contributed by atoms with Crippen LogP contribution in [0.2, 0.25) is 0 Å². The van der Waals surface area contributed by atoms with Gasteiger partial charge in [0.15, 0.2) is 0 Å². The first-order chi connectivity index (χ1) is 11.5. The van der Waals surface area contributed by atoms with Gasteiger partial charge in [-0.05, 0) is 25.0 Å². The molecule has 24 heavy (non-hydrogen) atoms. The molecule has 2 rings (SSSR count). The summed E-state index contributed by atoms with van der Waals surface area (Å²) >= 11 is 0. The van der Waals surface area contributed by atoms with Crippen LogP contribution in [0.5, 0.6) is 5.75 Å². The minimum atomic E-state index is -0.915. The fourth-order valence-corrected chi connectivity index (χ4v) is 2.71. The van der Waals surface area contributed by atoms with Crippen LogP contribution in [0.1, 0.15) is 32.3 Å². The zero-order chi connectivity index (χ0) is 17.7. The standard InChI is InChI=1S/C18H23NO5/c1-4-18(5-2,17(21)22)11-19-16(20)8-12-10-24-15-9-13(23-3)6-7-14(12)15/h6-7,9-10H,4-5,8,11H2,1-3H3,(H,19,20)(H,21,22). The second-order valence-corrected chi connectivity index (χ2v) is 5.87. The fourth-order valence-electron chi connectivity index (χ4n) is 2.71. The molecule has 0 aliphatic heterocycles. The lowest BCUT2D eigenvalue weighted by molar-refractivity contribution is -0.149. The second kappa shape index (κ2) is 7.38. The largest absolute Gasteiger partial charge is 0.497 e. The third-order valence-electron chi connectivity index (χ3n) is 4.65. The van der Waals surface area contributed by atoms with Crippen LogP contribution in [0.4, 0.5) is 0 Å². The Morgan fingerprint density at radius 3 is 2.58 bits per heavy atom. The average molecular weight is 333 g/mol. The number of methoxy groups -OCH3 is 1. The van der Waals surface area contributed by atoms with E-state index in [-0.39, 0.29) is 18.9 Å². The summed E-state index contributed by atoms with van der Waals surface area (Å²) in [7, 11) is 1.58. The van der Waals surface area contributed by atoms with Crippen LogP contribution >= 0.6 is 0 Å². The van der Waals surface area contributed by atoms with Gasteiger partial charge in [-0.2, -0.15) is 0 Å². The Kier molecular flexibility index (Phi) is 5.49. The molecule has 1 amide bonds. The molecule has 1 aromatic heterocycles. The van der Waals surface area contributed by atoms with Gasteiger partial charge >= 0.3 is 5.97 Å². The van der Waals surface area contributed by atoms with Gasteiger partial charge in [-0.15, -0.1) is 0 Å². The third kappa shape index (κ3) is 3.53. The first-order valence-electron chi connectivity index (χ1n) is 8.00. The predicted molar refractivity (Wildman–Crippen MR) is 90.1 cm³/mol. The number of carboxylic acid groups (broad SMARTS) is 1. The van der Waals surface area contributed by atoms with E-state index in [4.69, 9.17) is 9.15 Å². The van der Waals surface area contributed by atoms with Crippen molar-refractivity contribution in [3.63, 3.8) is 0 Å². The summed E-state index contributed by atoms with van der Waals surface area (Å²) in [4.78, 5) is 23.7. The van der Waals surface area contributed by atoms with E-state index in [0.717, 1.165) is 10.9 Å². The molecule has 0 saturated carbocycles. The molecule has 130 valence electrons. The average Bonchev–Trinajstić information content (AvgIpc) is 2.98. The van der Waals surface area contributed by atoms with Gasteiger partial charge in [0.1, 0.15) is 11.3 Å². The number of ether oxygens (including phenoxy) is 1. The number of carbonyl (C=O) groups excluding carboxylic acids is 1. The molecule has 0 bridgehead atoms. The molecule has 0 fully saturated rings. The molecule has 0 radical (unpaired) electrons. The molecule has 0 spiro atoms. The molecule has 0 unspecified atom stereocenters. The number of nitrogens with one attached hydrogen (secondary N) is 1. The lowest BCUT2D eigenvalue weighted by Gasteiger charge is -2.26. The van der Waals surface area contributed by atoms with E-state index < -0.39 is 11.4 Å². The van der Waals surface area contributed by atoms with E-state index in [0.29, 0.717) is 24.2 Å². The van der Waals surface area contributed by atoms with Crippen molar-refractivity contribution in [2.24, 2.45) is 5.41 Å². The highest BCUT2D eigenvalue weighted by atomic mass is 16.5. The summed E-state index contributed by atoms with van der Waals surface area (Å²) in [5.74, 6) is -0.417. The summed E-state index contributed by atoms with van der Waals surface area (Å²) in [6, 6.07) is 5.42. The first kappa shape index (κ1) is 17.8. The van der Waals surface area contributed by atoms with Crippen LogP contribution in [-0.4, -0.2) is 30.6 Å². The molecule has 0 aliphatic rings. The van der Waals surface area contributed by atoms with Gasteiger partial charge in [-0.3, -0.25) is 9.59 Å². The minimum absolute atomic E-state index is 0.123. The van der Waals surface area contributed by atoms with Crippen molar-refractivity contribution in [2.45, 2.75) is 33.1 Å². The summed E-state index contributed by atoms with van der Waals surface area (Å²) < 4.78 is 10.6. The van der Waals surface area contributed by atoms with Crippen LogP contribution in [0.3, 0.4) is 0 Å². The molecule has 0 atom stereocenters. The van der Waals surface area contributed by atoms with Crippen molar-refractivity contribution in [3.05, 3.63) is 30.0 Å². The Morgan fingerprint density at radius 1 is 1.29 bits per heavy atom. The van der Waals surface area contributed by atoms with Crippen molar-refractivity contribution >= 4 is 22.8 Å². The van der Waals surface area contributed by atoms with E-state index in [1.54, 1.807) is 19.4 Å². The van der Waals surface area contributed by atoms with Crippen molar-refractivity contribution < 1.29 is 23.8 Å². The van der Waals surface area contributed by atoms with E-state index >= 15 is 0 Å². The molecule has 6 heteroatoms. The lowest BCUT2D eigenvalue weighted by atomic mass is 9.82. The molecule has 1 heterocycles. The molecule has 2 N–H and O–H groups in total. The van der Waals surface area contributed by atoms with Gasteiger partial charge in [0.2, 0.25) is 5.91 Å². The number of furan rings is 1. The lowest BCUT2D eigenvalue weighted by Crippen LogP contribution is -2.42. The highest BCUT2D eigenvalue weighted by Gasteiger charge is 2.35. The molecule has 6 nitrogen and oxygen atoms in total. The maximum Gasteiger partial charge on any atom is 0.311 e. The zero-order valence-corrected chi connectivity index (χ0v) is 14.2. The maximum atomic E-state index is 12.2. The zero-order valence-electron chi connectivity index (χ0n) is 14.2. The second-order valence-electron chi connectivity index (χ2n) is 5.87.